The quantitative estimate of drug-likeness (QED) is 0.583. The van der Waals surface area contributed by atoms with Crippen LogP contribution in [-0.2, 0) is 6.54 Å². The van der Waals surface area contributed by atoms with Gasteiger partial charge in [-0.25, -0.2) is 0 Å². The number of ether oxygens (including phenoxy) is 1. The predicted molar refractivity (Wildman–Crippen MR) is 120 cm³/mol. The Hall–Kier alpha value is -2.37. The molecule has 1 unspecified atom stereocenters. The van der Waals surface area contributed by atoms with E-state index in [-0.39, 0.29) is 12.5 Å². The Morgan fingerprint density at radius 3 is 2.40 bits per heavy atom. The predicted octanol–water partition coefficient (Wildman–Crippen LogP) is 4.06. The van der Waals surface area contributed by atoms with E-state index in [1.165, 1.54) is 44.9 Å². The van der Waals surface area contributed by atoms with Gasteiger partial charge in [-0.3, -0.25) is 4.79 Å². The van der Waals surface area contributed by atoms with Crippen molar-refractivity contribution in [3.63, 3.8) is 0 Å². The van der Waals surface area contributed by atoms with E-state index in [1.54, 1.807) is 12.1 Å². The van der Waals surface area contributed by atoms with Crippen molar-refractivity contribution < 1.29 is 14.6 Å². The van der Waals surface area contributed by atoms with Gasteiger partial charge in [-0.05, 0) is 30.5 Å². The number of para-hydroxylation sites is 1. The Morgan fingerprint density at radius 2 is 1.63 bits per heavy atom. The molecule has 0 heterocycles. The smallest absolute Gasteiger partial charge is 0.255 e. The summed E-state index contributed by atoms with van der Waals surface area (Å²) in [5, 5.41) is 16.8. The molecule has 1 saturated carbocycles. The number of carbonyl (C=O) groups excluding carboxylic acids is 1. The van der Waals surface area contributed by atoms with Crippen molar-refractivity contribution in [1.82, 2.24) is 10.6 Å². The Bertz CT molecular complexity index is 758. The van der Waals surface area contributed by atoms with E-state index < -0.39 is 6.10 Å². The van der Waals surface area contributed by atoms with E-state index in [9.17, 15) is 9.90 Å². The van der Waals surface area contributed by atoms with Crippen LogP contribution in [-0.4, -0.2) is 36.3 Å². The zero-order valence-corrected chi connectivity index (χ0v) is 17.7. The van der Waals surface area contributed by atoms with E-state index >= 15 is 0 Å². The number of aliphatic hydroxyl groups excluding tert-OH is 1. The third kappa shape index (κ3) is 7.47. The van der Waals surface area contributed by atoms with Crippen LogP contribution in [0.25, 0.3) is 0 Å². The maximum absolute atomic E-state index is 12.6. The van der Waals surface area contributed by atoms with Crippen molar-refractivity contribution in [1.29, 1.82) is 0 Å². The van der Waals surface area contributed by atoms with E-state index in [0.29, 0.717) is 30.4 Å². The second kappa shape index (κ2) is 12.4. The first kappa shape index (κ1) is 22.3. The fourth-order valence-electron chi connectivity index (χ4n) is 3.86. The van der Waals surface area contributed by atoms with Crippen LogP contribution in [0.3, 0.4) is 0 Å². The van der Waals surface area contributed by atoms with Crippen molar-refractivity contribution in [3.8, 4) is 5.75 Å². The molecule has 162 valence electrons. The number of hydrogen-bond donors (Lipinski definition) is 3. The van der Waals surface area contributed by atoms with Gasteiger partial charge in [0.2, 0.25) is 0 Å². The molecule has 1 aliphatic carbocycles. The van der Waals surface area contributed by atoms with Crippen molar-refractivity contribution in [2.24, 2.45) is 0 Å². The number of hydrogen-bond acceptors (Lipinski definition) is 4. The topological polar surface area (TPSA) is 70.6 Å². The third-order valence-electron chi connectivity index (χ3n) is 5.61. The zero-order valence-electron chi connectivity index (χ0n) is 17.7. The van der Waals surface area contributed by atoms with Gasteiger partial charge in [-0.2, -0.15) is 0 Å². The van der Waals surface area contributed by atoms with Crippen LogP contribution in [0, 0.1) is 0 Å². The van der Waals surface area contributed by atoms with Gasteiger partial charge in [0.15, 0.2) is 0 Å². The zero-order chi connectivity index (χ0) is 21.0. The van der Waals surface area contributed by atoms with Crippen LogP contribution in [0.4, 0.5) is 0 Å². The highest BCUT2D eigenvalue weighted by Gasteiger charge is 2.15. The lowest BCUT2D eigenvalue weighted by Gasteiger charge is -2.23. The van der Waals surface area contributed by atoms with Gasteiger partial charge in [-0.15, -0.1) is 0 Å². The average molecular weight is 411 g/mol. The van der Waals surface area contributed by atoms with E-state index in [0.717, 1.165) is 5.56 Å². The highest BCUT2D eigenvalue weighted by Crippen LogP contribution is 2.19. The summed E-state index contributed by atoms with van der Waals surface area (Å²) < 4.78 is 5.81. The molecule has 2 aromatic rings. The van der Waals surface area contributed by atoms with Gasteiger partial charge in [0.1, 0.15) is 18.5 Å². The second-order valence-electron chi connectivity index (χ2n) is 8.08. The lowest BCUT2D eigenvalue weighted by molar-refractivity contribution is 0.0916. The fraction of sp³-hybridized carbons (Fsp3) is 0.480. The average Bonchev–Trinajstić information content (AvgIpc) is 2.76. The Labute approximate surface area is 179 Å². The van der Waals surface area contributed by atoms with Gasteiger partial charge in [0, 0.05) is 19.1 Å². The molecule has 3 N–H and O–H groups in total. The molecule has 0 radical (unpaired) electrons. The first-order chi connectivity index (χ1) is 14.7. The lowest BCUT2D eigenvalue weighted by atomic mass is 9.96. The monoisotopic (exact) mass is 410 g/mol. The Morgan fingerprint density at radius 1 is 0.967 bits per heavy atom. The largest absolute Gasteiger partial charge is 0.490 e. The van der Waals surface area contributed by atoms with Crippen LogP contribution >= 0.6 is 0 Å². The second-order valence-corrected chi connectivity index (χ2v) is 8.08. The molecule has 0 bridgehead atoms. The van der Waals surface area contributed by atoms with Gasteiger partial charge in [0.25, 0.3) is 5.91 Å². The molecule has 0 aromatic heterocycles. The van der Waals surface area contributed by atoms with E-state index in [2.05, 4.69) is 10.6 Å². The molecular weight excluding hydrogens is 376 g/mol. The van der Waals surface area contributed by atoms with E-state index in [1.807, 2.05) is 42.5 Å². The molecule has 0 saturated heterocycles. The molecule has 5 nitrogen and oxygen atoms in total. The number of nitrogens with one attached hydrogen (secondary N) is 2. The first-order valence-electron chi connectivity index (χ1n) is 11.2. The number of carbonyl (C=O) groups is 1. The summed E-state index contributed by atoms with van der Waals surface area (Å²) in [7, 11) is 0. The summed E-state index contributed by atoms with van der Waals surface area (Å²) >= 11 is 0. The summed E-state index contributed by atoms with van der Waals surface area (Å²) in [6.07, 6.45) is 8.24. The standard InChI is InChI=1S/C25H34N2O3/c28-22(18-26-21-13-7-2-1-3-8-14-21)19-30-24-16-10-9-15-23(24)25(29)27-17-20-11-5-4-6-12-20/h4-6,9-12,15-16,21-22,26,28H,1-3,7-8,13-14,17-19H2,(H,27,29). The fourth-order valence-corrected chi connectivity index (χ4v) is 3.86. The molecule has 2 aromatic carbocycles. The maximum atomic E-state index is 12.6. The minimum Gasteiger partial charge on any atom is -0.490 e. The van der Waals surface area contributed by atoms with Crippen molar-refractivity contribution in [3.05, 3.63) is 65.7 Å². The number of rotatable bonds is 9. The highest BCUT2D eigenvalue weighted by atomic mass is 16.5. The van der Waals surface area contributed by atoms with Gasteiger partial charge in [-0.1, -0.05) is 74.6 Å². The molecule has 1 amide bonds. The highest BCUT2D eigenvalue weighted by molar-refractivity contribution is 5.96. The summed E-state index contributed by atoms with van der Waals surface area (Å²) in [4.78, 5) is 12.6. The molecule has 3 rings (SSSR count). The van der Waals surface area contributed by atoms with E-state index in [4.69, 9.17) is 4.74 Å². The van der Waals surface area contributed by atoms with Crippen LogP contribution in [0.2, 0.25) is 0 Å². The molecule has 30 heavy (non-hydrogen) atoms. The third-order valence-corrected chi connectivity index (χ3v) is 5.61. The number of benzene rings is 2. The Balaban J connectivity index is 1.46. The molecule has 1 aliphatic rings. The summed E-state index contributed by atoms with van der Waals surface area (Å²) in [6, 6.07) is 17.4. The molecule has 1 atom stereocenters. The SMILES string of the molecule is O=C(NCc1ccccc1)c1ccccc1OCC(O)CNC1CCCCCCC1. The summed E-state index contributed by atoms with van der Waals surface area (Å²) in [5.41, 5.74) is 1.52. The molecular formula is C25H34N2O3. The molecule has 1 fully saturated rings. The van der Waals surface area contributed by atoms with Gasteiger partial charge < -0.3 is 20.5 Å². The van der Waals surface area contributed by atoms with Crippen LogP contribution in [0.1, 0.15) is 60.9 Å². The van der Waals surface area contributed by atoms with Crippen LogP contribution in [0.5, 0.6) is 5.75 Å². The maximum Gasteiger partial charge on any atom is 0.255 e. The minimum atomic E-state index is -0.615. The van der Waals surface area contributed by atoms with Crippen molar-refractivity contribution in [2.45, 2.75) is 63.6 Å². The molecule has 5 heteroatoms. The normalized spacial score (nSPS) is 16.3. The summed E-state index contributed by atoms with van der Waals surface area (Å²) in [5.74, 6) is 0.310. The first-order valence-corrected chi connectivity index (χ1v) is 11.2. The molecule has 0 aliphatic heterocycles. The van der Waals surface area contributed by atoms with Crippen LogP contribution in [0.15, 0.2) is 54.6 Å². The van der Waals surface area contributed by atoms with Crippen molar-refractivity contribution >= 4 is 5.91 Å². The van der Waals surface area contributed by atoms with Crippen LogP contribution < -0.4 is 15.4 Å². The van der Waals surface area contributed by atoms with Gasteiger partial charge in [0.05, 0.1) is 5.56 Å². The Kier molecular flexibility index (Phi) is 9.19. The lowest BCUT2D eigenvalue weighted by Crippen LogP contribution is -2.38. The number of amides is 1. The summed E-state index contributed by atoms with van der Waals surface area (Å²) in [6.45, 7) is 1.12. The van der Waals surface area contributed by atoms with Crippen molar-refractivity contribution in [2.75, 3.05) is 13.2 Å². The molecule has 0 spiro atoms. The minimum absolute atomic E-state index is 0.155. The van der Waals surface area contributed by atoms with Gasteiger partial charge >= 0.3 is 0 Å². The number of aliphatic hydroxyl groups is 1.